The fourth-order valence-corrected chi connectivity index (χ4v) is 8.63. The zero-order valence-electron chi connectivity index (χ0n) is 31.9. The fourth-order valence-electron chi connectivity index (χ4n) is 6.18. The second-order valence-corrected chi connectivity index (χ2v) is 15.1. The average molecular weight is 821 g/mol. The number of nitrogens with zero attached hydrogens (tertiary/aromatic N) is 6. The highest BCUT2D eigenvalue weighted by atomic mass is 32.2. The third kappa shape index (κ3) is 13.2. The highest BCUT2D eigenvalue weighted by Crippen LogP contribution is 2.40. The van der Waals surface area contributed by atoms with Crippen LogP contribution in [0.1, 0.15) is 25.7 Å². The number of amides is 3. The number of ether oxygens (including phenoxy) is 6. The molecule has 3 aliphatic heterocycles. The molecule has 0 unspecified atom stereocenters. The van der Waals surface area contributed by atoms with Gasteiger partial charge in [-0.15, -0.1) is 0 Å². The number of hydrogen-bond donors (Lipinski definition) is 4. The van der Waals surface area contributed by atoms with E-state index in [-0.39, 0.29) is 47.5 Å². The van der Waals surface area contributed by atoms with E-state index >= 15 is 0 Å². The summed E-state index contributed by atoms with van der Waals surface area (Å²) in [5, 5.41) is 9.17. The van der Waals surface area contributed by atoms with Gasteiger partial charge in [0.15, 0.2) is 5.16 Å². The summed E-state index contributed by atoms with van der Waals surface area (Å²) in [6.07, 6.45) is 4.19. The zero-order valence-corrected chi connectivity index (χ0v) is 33.5. The number of carbonyl (C=O) groups is 3. The van der Waals surface area contributed by atoms with Crippen molar-refractivity contribution in [3.8, 4) is 11.8 Å². The molecule has 0 bridgehead atoms. The molecule has 5 rings (SSSR count). The molecule has 2 aromatic rings. The molecule has 308 valence electrons. The van der Waals surface area contributed by atoms with Gasteiger partial charge in [-0.2, -0.15) is 21.7 Å². The minimum Gasteiger partial charge on any atom is -0.480 e. The highest BCUT2D eigenvalue weighted by Gasteiger charge is 2.42. The number of carbonyl (C=O) groups excluding carboxylic acids is 3. The molecule has 3 atom stereocenters. The maximum absolute atomic E-state index is 12.0. The Hall–Kier alpha value is -4.15. The van der Waals surface area contributed by atoms with Crippen LogP contribution in [0, 0.1) is 0 Å². The maximum atomic E-state index is 12.0. The van der Waals surface area contributed by atoms with E-state index in [0.717, 1.165) is 62.5 Å². The van der Waals surface area contributed by atoms with Crippen molar-refractivity contribution in [2.24, 2.45) is 0 Å². The van der Waals surface area contributed by atoms with Gasteiger partial charge < -0.3 is 55.0 Å². The lowest BCUT2D eigenvalue weighted by Crippen LogP contribution is -2.48. The SMILES string of the molecule is C=CC(=O)Nc1cc(N)nc(Sc2c(OC)nc(N3CCN(CCOCCOCCOCCOC(=O)CCCC[C@@H]4SC[C@@H]5NC(=O)N[C@@H]54)CC3)nc2OC)n1. The van der Waals surface area contributed by atoms with Gasteiger partial charge in [0.05, 0.1) is 65.9 Å². The van der Waals surface area contributed by atoms with Crippen molar-refractivity contribution in [1.82, 2.24) is 35.5 Å². The van der Waals surface area contributed by atoms with Gasteiger partial charge in [0.1, 0.15) is 23.1 Å². The number of aromatic nitrogens is 4. The van der Waals surface area contributed by atoms with Gasteiger partial charge in [0.25, 0.3) is 0 Å². The molecule has 5 N–H and O–H groups in total. The molecule has 56 heavy (non-hydrogen) atoms. The topological polar surface area (TPSA) is 227 Å². The van der Waals surface area contributed by atoms with Crippen LogP contribution in [0.3, 0.4) is 0 Å². The molecule has 3 fully saturated rings. The molecule has 0 radical (unpaired) electrons. The van der Waals surface area contributed by atoms with Crippen LogP contribution in [0.2, 0.25) is 0 Å². The van der Waals surface area contributed by atoms with Gasteiger partial charge in [-0.25, -0.2) is 14.8 Å². The van der Waals surface area contributed by atoms with Crippen LogP contribution >= 0.6 is 23.5 Å². The minimum absolute atomic E-state index is 0.0761. The summed E-state index contributed by atoms with van der Waals surface area (Å²) in [5.41, 5.74) is 5.94. The van der Waals surface area contributed by atoms with E-state index in [1.165, 1.54) is 20.3 Å². The third-order valence-electron chi connectivity index (χ3n) is 9.03. The Morgan fingerprint density at radius 3 is 2.32 bits per heavy atom. The summed E-state index contributed by atoms with van der Waals surface area (Å²) in [7, 11) is 3.02. The molecule has 0 spiro atoms. The number of urea groups is 1. The number of piperazine rings is 1. The van der Waals surface area contributed by atoms with Gasteiger partial charge >= 0.3 is 12.0 Å². The Morgan fingerprint density at radius 2 is 1.64 bits per heavy atom. The maximum Gasteiger partial charge on any atom is 0.315 e. The molecular weight excluding hydrogens is 769 g/mol. The lowest BCUT2D eigenvalue weighted by molar-refractivity contribution is -0.145. The van der Waals surface area contributed by atoms with Gasteiger partial charge in [-0.1, -0.05) is 13.0 Å². The van der Waals surface area contributed by atoms with Crippen molar-refractivity contribution in [2.45, 2.75) is 53.1 Å². The molecular formula is C35H52N10O9S2. The van der Waals surface area contributed by atoms with E-state index in [1.54, 1.807) is 0 Å². The molecule has 3 saturated heterocycles. The molecule has 0 aliphatic carbocycles. The first-order valence-corrected chi connectivity index (χ1v) is 20.4. The standard InChI is InChI=1S/C35H52N10O9S2/c1-4-27(46)39-26-21-25(36)38-35(40-26)56-30-31(49-2)42-33(43-32(30)50-3)45-11-9-44(10-12-45)13-14-51-15-16-52-17-18-53-19-20-54-28(47)8-6-5-7-24-29-23(22-55-24)37-34(48)41-29/h4,21,23-24,29H,1,5-20,22H2,2-3H3,(H2,37,41,48)(H3,36,38,39,40,46)/t23-,24-,29-/m0/s1. The molecule has 2 aromatic heterocycles. The van der Waals surface area contributed by atoms with Crippen LogP contribution in [0.15, 0.2) is 28.8 Å². The Kier molecular flexibility index (Phi) is 17.3. The lowest BCUT2D eigenvalue weighted by atomic mass is 10.0. The van der Waals surface area contributed by atoms with E-state index in [9.17, 15) is 14.4 Å². The lowest BCUT2D eigenvalue weighted by Gasteiger charge is -2.34. The van der Waals surface area contributed by atoms with Gasteiger partial charge in [0.2, 0.25) is 23.6 Å². The fraction of sp³-hybridized carbons (Fsp3) is 0.629. The summed E-state index contributed by atoms with van der Waals surface area (Å²) >= 11 is 2.99. The van der Waals surface area contributed by atoms with Crippen molar-refractivity contribution in [3.63, 3.8) is 0 Å². The summed E-state index contributed by atoms with van der Waals surface area (Å²) < 4.78 is 33.3. The number of rotatable bonds is 24. The molecule has 3 amide bonds. The van der Waals surface area contributed by atoms with E-state index in [1.807, 2.05) is 11.8 Å². The Labute approximate surface area is 334 Å². The van der Waals surface area contributed by atoms with Crippen LogP contribution in [0.4, 0.5) is 22.4 Å². The number of nitrogens with two attached hydrogens (primary N) is 1. The van der Waals surface area contributed by atoms with Crippen molar-refractivity contribution < 1.29 is 42.8 Å². The summed E-state index contributed by atoms with van der Waals surface area (Å²) in [4.78, 5) is 58.0. The normalized spacial score (nSPS) is 19.2. The van der Waals surface area contributed by atoms with Crippen LogP contribution in [-0.2, 0) is 28.5 Å². The molecule has 0 aromatic carbocycles. The van der Waals surface area contributed by atoms with Crippen LogP contribution in [0.25, 0.3) is 0 Å². The number of anilines is 3. The van der Waals surface area contributed by atoms with E-state index in [4.69, 9.17) is 34.2 Å². The quantitative estimate of drug-likeness (QED) is 0.0388. The summed E-state index contributed by atoms with van der Waals surface area (Å²) in [6, 6.07) is 1.79. The predicted molar refractivity (Wildman–Crippen MR) is 211 cm³/mol. The monoisotopic (exact) mass is 820 g/mol. The Bertz CT molecular complexity index is 1600. The number of hydrogen-bond acceptors (Lipinski definition) is 18. The summed E-state index contributed by atoms with van der Waals surface area (Å²) in [5.74, 6) is 1.76. The number of nitrogens with one attached hydrogen (secondary N) is 3. The third-order valence-corrected chi connectivity index (χ3v) is 11.5. The van der Waals surface area contributed by atoms with Crippen LogP contribution in [-0.4, -0.2) is 159 Å². The Balaban J connectivity index is 0.879. The molecule has 5 heterocycles. The smallest absolute Gasteiger partial charge is 0.315 e. The number of methoxy groups -OCH3 is 2. The molecule has 0 saturated carbocycles. The Morgan fingerprint density at radius 1 is 0.964 bits per heavy atom. The molecule has 21 heteroatoms. The summed E-state index contributed by atoms with van der Waals surface area (Å²) in [6.45, 7) is 10.1. The van der Waals surface area contributed by atoms with E-state index in [0.29, 0.717) is 87.0 Å². The van der Waals surface area contributed by atoms with Crippen molar-refractivity contribution >= 4 is 59.0 Å². The van der Waals surface area contributed by atoms with Crippen LogP contribution < -0.4 is 36.1 Å². The number of nitrogen functional groups attached to an aromatic ring is 1. The average Bonchev–Trinajstić information content (AvgIpc) is 3.75. The van der Waals surface area contributed by atoms with Gasteiger partial charge in [0, 0.05) is 56.2 Å². The van der Waals surface area contributed by atoms with Crippen molar-refractivity contribution in [1.29, 1.82) is 0 Å². The number of thioether (sulfide) groups is 1. The first-order valence-electron chi connectivity index (χ1n) is 18.6. The molecule has 19 nitrogen and oxygen atoms in total. The highest BCUT2D eigenvalue weighted by molar-refractivity contribution is 8.00. The van der Waals surface area contributed by atoms with Gasteiger partial charge in [-0.3, -0.25) is 14.5 Å². The minimum atomic E-state index is -0.426. The van der Waals surface area contributed by atoms with Gasteiger partial charge in [-0.05, 0) is 30.7 Å². The zero-order chi connectivity index (χ0) is 39.7. The first-order chi connectivity index (χ1) is 27.3. The van der Waals surface area contributed by atoms with E-state index in [2.05, 4.69) is 52.3 Å². The predicted octanol–water partition coefficient (Wildman–Crippen LogP) is 1.58. The number of unbranched alkanes of at least 4 members (excludes halogenated alkanes) is 1. The number of esters is 1. The first kappa shape index (κ1) is 43.0. The van der Waals surface area contributed by atoms with Crippen LogP contribution in [0.5, 0.6) is 11.8 Å². The van der Waals surface area contributed by atoms with Crippen molar-refractivity contribution in [3.05, 3.63) is 18.7 Å². The molecule has 3 aliphatic rings. The second kappa shape index (κ2) is 22.6. The second-order valence-electron chi connectivity index (χ2n) is 12.9. The largest absolute Gasteiger partial charge is 0.480 e. The van der Waals surface area contributed by atoms with Crippen molar-refractivity contribution in [2.75, 3.05) is 115 Å². The number of fused-ring (bicyclic) bond motifs is 1. The van der Waals surface area contributed by atoms with E-state index < -0.39 is 5.91 Å².